The van der Waals surface area contributed by atoms with Gasteiger partial charge in [-0.25, -0.2) is 0 Å². The predicted octanol–water partition coefficient (Wildman–Crippen LogP) is 4.64. The Morgan fingerprint density at radius 2 is 1.91 bits per heavy atom. The highest BCUT2D eigenvalue weighted by Crippen LogP contribution is 2.41. The van der Waals surface area contributed by atoms with Crippen molar-refractivity contribution < 1.29 is 9.53 Å². The highest BCUT2D eigenvalue weighted by atomic mass is 16.5. The van der Waals surface area contributed by atoms with E-state index in [2.05, 4.69) is 35.4 Å². The summed E-state index contributed by atoms with van der Waals surface area (Å²) < 4.78 is 6.03. The van der Waals surface area contributed by atoms with Crippen LogP contribution in [0.2, 0.25) is 0 Å². The van der Waals surface area contributed by atoms with Crippen molar-refractivity contribution in [3.63, 3.8) is 0 Å². The molecule has 2 aromatic rings. The molecule has 0 aliphatic heterocycles. The summed E-state index contributed by atoms with van der Waals surface area (Å²) in [5.41, 5.74) is 8.89. The van der Waals surface area contributed by atoms with Crippen molar-refractivity contribution in [2.24, 2.45) is 5.73 Å². The molecule has 34 heavy (non-hydrogen) atoms. The van der Waals surface area contributed by atoms with E-state index >= 15 is 0 Å². The van der Waals surface area contributed by atoms with Gasteiger partial charge in [-0.05, 0) is 68.9 Å². The minimum absolute atomic E-state index is 0.197. The van der Waals surface area contributed by atoms with Crippen molar-refractivity contribution in [2.45, 2.75) is 76.5 Å². The highest BCUT2D eigenvalue weighted by molar-refractivity contribution is 5.95. The van der Waals surface area contributed by atoms with Crippen molar-refractivity contribution in [2.75, 3.05) is 6.61 Å². The number of hydrogen-bond acceptors (Lipinski definition) is 4. The molecule has 2 atom stereocenters. The second kappa shape index (κ2) is 11.3. The van der Waals surface area contributed by atoms with Crippen LogP contribution in [0, 0.1) is 23.2 Å². The number of carbonyl (C=O) groups excluding carboxylic acids is 1. The van der Waals surface area contributed by atoms with E-state index in [9.17, 15) is 10.1 Å². The summed E-state index contributed by atoms with van der Waals surface area (Å²) in [6, 6.07) is 18.1. The van der Waals surface area contributed by atoms with Gasteiger partial charge in [0.05, 0.1) is 30.7 Å². The lowest BCUT2D eigenvalue weighted by atomic mass is 9.79. The molecule has 5 heteroatoms. The van der Waals surface area contributed by atoms with E-state index in [1.165, 1.54) is 5.56 Å². The summed E-state index contributed by atoms with van der Waals surface area (Å²) in [5.74, 6) is 5.58. The molecule has 2 unspecified atom stereocenters. The van der Waals surface area contributed by atoms with Crippen LogP contribution < -0.4 is 11.1 Å². The van der Waals surface area contributed by atoms with Gasteiger partial charge in [-0.1, -0.05) is 55.2 Å². The topological polar surface area (TPSA) is 88.1 Å². The lowest BCUT2D eigenvalue weighted by Gasteiger charge is -2.25. The predicted molar refractivity (Wildman–Crippen MR) is 135 cm³/mol. The van der Waals surface area contributed by atoms with E-state index in [-0.39, 0.29) is 11.9 Å². The molecule has 1 saturated carbocycles. The van der Waals surface area contributed by atoms with Gasteiger partial charge >= 0.3 is 0 Å². The largest absolute Gasteiger partial charge is 0.375 e. The van der Waals surface area contributed by atoms with Crippen molar-refractivity contribution in [1.82, 2.24) is 5.32 Å². The van der Waals surface area contributed by atoms with Crippen molar-refractivity contribution in [3.8, 4) is 17.9 Å². The van der Waals surface area contributed by atoms with Crippen molar-refractivity contribution in [3.05, 3.63) is 70.8 Å². The Balaban J connectivity index is 1.78. The molecular weight excluding hydrogens is 422 g/mol. The van der Waals surface area contributed by atoms with Gasteiger partial charge in [0.1, 0.15) is 0 Å². The molecule has 0 heterocycles. The number of ether oxygens (including phenoxy) is 1. The molecule has 0 aromatic heterocycles. The van der Waals surface area contributed by atoms with Gasteiger partial charge in [0.2, 0.25) is 0 Å². The molecule has 3 rings (SSSR count). The molecule has 1 aliphatic rings. The highest BCUT2D eigenvalue weighted by Gasteiger charge is 2.36. The van der Waals surface area contributed by atoms with E-state index in [1.807, 2.05) is 50.2 Å². The molecular formula is C29H35N3O2. The standard InChI is InChI=1S/C29H35N3O2/c1-4-10-22(2)32-27(33)25-15-24(16-26(17-25)29(20-30)13-8-9-14-29)19-34-21-28(3,31)18-23-11-6-5-7-12-23/h5-7,11-12,15-17,22H,8-9,13-14,18-19,21,31H2,1-3H3,(H,32,33). The molecule has 1 amide bonds. The maximum absolute atomic E-state index is 13.0. The monoisotopic (exact) mass is 457 g/mol. The molecule has 0 saturated heterocycles. The van der Waals surface area contributed by atoms with Gasteiger partial charge in [-0.2, -0.15) is 5.26 Å². The second-order valence-electron chi connectivity index (χ2n) is 9.72. The van der Waals surface area contributed by atoms with Crippen LogP contribution in [0.15, 0.2) is 48.5 Å². The number of hydrogen-bond donors (Lipinski definition) is 2. The number of benzene rings is 2. The fourth-order valence-electron chi connectivity index (χ4n) is 4.67. The van der Waals surface area contributed by atoms with Crippen LogP contribution in [-0.4, -0.2) is 24.1 Å². The van der Waals surface area contributed by atoms with Crippen LogP contribution in [-0.2, 0) is 23.2 Å². The first kappa shape index (κ1) is 25.5. The summed E-state index contributed by atoms with van der Waals surface area (Å²) in [6.45, 7) is 6.28. The molecule has 3 N–H and O–H groups in total. The molecule has 5 nitrogen and oxygen atoms in total. The number of carbonyl (C=O) groups is 1. The molecule has 1 fully saturated rings. The normalized spacial score (nSPS) is 17.0. The molecule has 0 radical (unpaired) electrons. The van der Waals surface area contributed by atoms with Crippen LogP contribution in [0.25, 0.3) is 0 Å². The first-order valence-corrected chi connectivity index (χ1v) is 12.0. The molecule has 2 aromatic carbocycles. The zero-order valence-electron chi connectivity index (χ0n) is 20.5. The lowest BCUT2D eigenvalue weighted by Crippen LogP contribution is -2.43. The lowest BCUT2D eigenvalue weighted by molar-refractivity contribution is 0.0789. The van der Waals surface area contributed by atoms with Gasteiger partial charge in [0.15, 0.2) is 0 Å². The Kier molecular flexibility index (Phi) is 8.51. The number of nitrogens with zero attached hydrogens (tertiary/aromatic N) is 1. The number of nitrogens with one attached hydrogen (secondary N) is 1. The fourth-order valence-corrected chi connectivity index (χ4v) is 4.67. The number of amides is 1. The fraction of sp³-hybridized carbons (Fsp3) is 0.448. The van der Waals surface area contributed by atoms with E-state index in [0.717, 1.165) is 36.8 Å². The summed E-state index contributed by atoms with van der Waals surface area (Å²) in [5, 5.41) is 12.9. The Labute approximate surface area is 203 Å². The Morgan fingerprint density at radius 3 is 2.56 bits per heavy atom. The van der Waals surface area contributed by atoms with E-state index in [0.29, 0.717) is 25.2 Å². The average Bonchev–Trinajstić information content (AvgIpc) is 3.30. The molecule has 178 valence electrons. The van der Waals surface area contributed by atoms with Gasteiger partial charge in [-0.15, -0.1) is 5.92 Å². The van der Waals surface area contributed by atoms with Crippen LogP contribution in [0.5, 0.6) is 0 Å². The number of nitriles is 1. The SMILES string of the molecule is CC#CC(C)NC(=O)c1cc(COCC(C)(N)Cc2ccccc2)cc(C2(C#N)CCCC2)c1. The van der Waals surface area contributed by atoms with Crippen molar-refractivity contribution in [1.29, 1.82) is 5.26 Å². The summed E-state index contributed by atoms with van der Waals surface area (Å²) in [7, 11) is 0. The first-order chi connectivity index (χ1) is 16.3. The molecule has 0 bridgehead atoms. The first-order valence-electron chi connectivity index (χ1n) is 12.0. The summed E-state index contributed by atoms with van der Waals surface area (Å²) >= 11 is 0. The maximum atomic E-state index is 13.0. The summed E-state index contributed by atoms with van der Waals surface area (Å²) in [4.78, 5) is 13.0. The third-order valence-corrected chi connectivity index (χ3v) is 6.34. The zero-order chi connectivity index (χ0) is 24.6. The minimum Gasteiger partial charge on any atom is -0.375 e. The third kappa shape index (κ3) is 6.70. The van der Waals surface area contributed by atoms with Gasteiger partial charge in [-0.3, -0.25) is 4.79 Å². The minimum atomic E-state index is -0.546. The maximum Gasteiger partial charge on any atom is 0.252 e. The quantitative estimate of drug-likeness (QED) is 0.537. The van der Waals surface area contributed by atoms with Crippen molar-refractivity contribution >= 4 is 5.91 Å². The van der Waals surface area contributed by atoms with Gasteiger partial charge < -0.3 is 15.8 Å². The molecule has 0 spiro atoms. The Morgan fingerprint density at radius 1 is 1.21 bits per heavy atom. The van der Waals surface area contributed by atoms with Crippen LogP contribution in [0.1, 0.15) is 73.5 Å². The van der Waals surface area contributed by atoms with E-state index in [1.54, 1.807) is 6.92 Å². The molecule has 1 aliphatic carbocycles. The second-order valence-corrected chi connectivity index (χ2v) is 9.72. The Hall–Kier alpha value is -3.12. The average molecular weight is 458 g/mol. The van der Waals surface area contributed by atoms with E-state index < -0.39 is 11.0 Å². The van der Waals surface area contributed by atoms with Crippen LogP contribution >= 0.6 is 0 Å². The smallest absolute Gasteiger partial charge is 0.252 e. The number of rotatable bonds is 9. The third-order valence-electron chi connectivity index (χ3n) is 6.34. The zero-order valence-corrected chi connectivity index (χ0v) is 20.5. The van der Waals surface area contributed by atoms with E-state index in [4.69, 9.17) is 10.5 Å². The summed E-state index contributed by atoms with van der Waals surface area (Å²) in [6.07, 6.45) is 4.36. The Bertz CT molecular complexity index is 1080. The van der Waals surface area contributed by atoms with Crippen LogP contribution in [0.3, 0.4) is 0 Å². The van der Waals surface area contributed by atoms with Gasteiger partial charge in [0.25, 0.3) is 5.91 Å². The van der Waals surface area contributed by atoms with Crippen LogP contribution in [0.4, 0.5) is 0 Å². The van der Waals surface area contributed by atoms with Gasteiger partial charge in [0, 0.05) is 11.1 Å². The number of nitrogens with two attached hydrogens (primary N) is 1.